The van der Waals surface area contributed by atoms with Crippen LogP contribution >= 0.6 is 11.6 Å². The summed E-state index contributed by atoms with van der Waals surface area (Å²) in [6, 6.07) is 13.3. The number of rotatable bonds is 10. The molecule has 1 N–H and O–H groups in total. The number of carbonyl (C=O) groups excluding carboxylic acids is 2. The van der Waals surface area contributed by atoms with Gasteiger partial charge < -0.3 is 10.2 Å². The Morgan fingerprint density at radius 1 is 1.06 bits per heavy atom. The Morgan fingerprint density at radius 3 is 2.22 bits per heavy atom. The van der Waals surface area contributed by atoms with Crippen molar-refractivity contribution in [3.05, 3.63) is 64.7 Å². The third-order valence-corrected chi connectivity index (χ3v) is 6.60. The molecule has 1 atom stereocenters. The molecule has 0 saturated carbocycles. The van der Waals surface area contributed by atoms with Crippen LogP contribution in [0.5, 0.6) is 0 Å². The number of anilines is 1. The van der Waals surface area contributed by atoms with Gasteiger partial charge in [0.15, 0.2) is 0 Å². The van der Waals surface area contributed by atoms with Crippen molar-refractivity contribution in [1.29, 1.82) is 0 Å². The van der Waals surface area contributed by atoms with Crippen LogP contribution in [-0.4, -0.2) is 51.0 Å². The second kappa shape index (κ2) is 11.3. The topological polar surface area (TPSA) is 86.8 Å². The first kappa shape index (κ1) is 25.7. The number of amides is 2. The van der Waals surface area contributed by atoms with Crippen LogP contribution in [0, 0.1) is 0 Å². The van der Waals surface area contributed by atoms with Crippen molar-refractivity contribution in [2.75, 3.05) is 24.2 Å². The molecule has 0 spiro atoms. The quantitative estimate of drug-likeness (QED) is 0.566. The number of nitrogens with one attached hydrogen (secondary N) is 1. The van der Waals surface area contributed by atoms with Gasteiger partial charge in [-0.1, -0.05) is 55.8 Å². The van der Waals surface area contributed by atoms with E-state index in [-0.39, 0.29) is 12.5 Å². The SMILES string of the molecule is CCc1ccccc1N(CC(=O)N(Cc1ccc(Cl)cc1)[C@@H](CC)C(=O)NC)S(C)(=O)=O. The van der Waals surface area contributed by atoms with Crippen molar-refractivity contribution in [2.45, 2.75) is 39.3 Å². The molecule has 0 saturated heterocycles. The lowest BCUT2D eigenvalue weighted by molar-refractivity contribution is -0.140. The van der Waals surface area contributed by atoms with Crippen molar-refractivity contribution < 1.29 is 18.0 Å². The van der Waals surface area contributed by atoms with E-state index in [1.165, 1.54) is 11.9 Å². The monoisotopic (exact) mass is 479 g/mol. The van der Waals surface area contributed by atoms with Crippen LogP contribution in [0.4, 0.5) is 5.69 Å². The second-order valence-corrected chi connectivity index (χ2v) is 9.78. The Bertz CT molecular complexity index is 1040. The normalized spacial score (nSPS) is 12.2. The van der Waals surface area contributed by atoms with Crippen molar-refractivity contribution >= 4 is 39.1 Å². The summed E-state index contributed by atoms with van der Waals surface area (Å²) in [6.45, 7) is 3.47. The standard InChI is InChI=1S/C23H30ClN3O4S/c1-5-18-9-7-8-10-21(18)27(32(4,30)31)16-22(28)26(20(6-2)23(29)25-3)15-17-11-13-19(24)14-12-17/h7-14,20H,5-6,15-16H2,1-4H3,(H,25,29)/t20-/m0/s1. The molecule has 0 aliphatic heterocycles. The van der Waals surface area contributed by atoms with E-state index in [1.807, 2.05) is 26.0 Å². The second-order valence-electron chi connectivity index (χ2n) is 7.44. The molecule has 174 valence electrons. The summed E-state index contributed by atoms with van der Waals surface area (Å²) in [4.78, 5) is 27.4. The number of benzene rings is 2. The van der Waals surface area contributed by atoms with E-state index in [9.17, 15) is 18.0 Å². The highest BCUT2D eigenvalue weighted by Crippen LogP contribution is 2.24. The largest absolute Gasteiger partial charge is 0.357 e. The first-order chi connectivity index (χ1) is 15.1. The summed E-state index contributed by atoms with van der Waals surface area (Å²) < 4.78 is 26.4. The highest BCUT2D eigenvalue weighted by molar-refractivity contribution is 7.92. The van der Waals surface area contributed by atoms with E-state index in [0.29, 0.717) is 23.6 Å². The van der Waals surface area contributed by atoms with E-state index >= 15 is 0 Å². The zero-order valence-corrected chi connectivity index (χ0v) is 20.4. The first-order valence-corrected chi connectivity index (χ1v) is 12.7. The van der Waals surface area contributed by atoms with Crippen LogP contribution in [0.2, 0.25) is 5.02 Å². The van der Waals surface area contributed by atoms with Gasteiger partial charge in [0, 0.05) is 18.6 Å². The third kappa shape index (κ3) is 6.46. The molecular formula is C23H30ClN3O4S. The van der Waals surface area contributed by atoms with Gasteiger partial charge in [-0.05, 0) is 42.2 Å². The predicted molar refractivity (Wildman–Crippen MR) is 128 cm³/mol. The summed E-state index contributed by atoms with van der Waals surface area (Å²) in [5.74, 6) is -0.776. The molecule has 0 unspecified atom stereocenters. The van der Waals surface area contributed by atoms with Gasteiger partial charge in [0.2, 0.25) is 21.8 Å². The van der Waals surface area contributed by atoms with Gasteiger partial charge in [0.25, 0.3) is 0 Å². The lowest BCUT2D eigenvalue weighted by Gasteiger charge is -2.33. The maximum Gasteiger partial charge on any atom is 0.244 e. The van der Waals surface area contributed by atoms with Gasteiger partial charge in [-0.2, -0.15) is 0 Å². The highest BCUT2D eigenvalue weighted by atomic mass is 35.5. The Labute approximate surface area is 195 Å². The van der Waals surface area contributed by atoms with E-state index < -0.39 is 28.5 Å². The molecule has 9 heteroatoms. The third-order valence-electron chi connectivity index (χ3n) is 5.22. The molecule has 0 radical (unpaired) electrons. The Balaban J connectivity index is 2.45. The predicted octanol–water partition coefficient (Wildman–Crippen LogP) is 3.22. The molecule has 0 aromatic heterocycles. The molecule has 0 bridgehead atoms. The Hall–Kier alpha value is -2.58. The van der Waals surface area contributed by atoms with Crippen molar-refractivity contribution in [3.8, 4) is 0 Å². The molecular weight excluding hydrogens is 450 g/mol. The molecule has 0 heterocycles. The Kier molecular flexibility index (Phi) is 9.09. The molecule has 0 aliphatic carbocycles. The maximum absolute atomic E-state index is 13.5. The lowest BCUT2D eigenvalue weighted by Crippen LogP contribution is -2.51. The van der Waals surface area contributed by atoms with Crippen LogP contribution in [0.15, 0.2) is 48.5 Å². The highest BCUT2D eigenvalue weighted by Gasteiger charge is 2.31. The summed E-state index contributed by atoms with van der Waals surface area (Å²) in [5, 5.41) is 3.15. The summed E-state index contributed by atoms with van der Waals surface area (Å²) >= 11 is 5.97. The number of aryl methyl sites for hydroxylation is 1. The van der Waals surface area contributed by atoms with Crippen LogP contribution < -0.4 is 9.62 Å². The van der Waals surface area contributed by atoms with Gasteiger partial charge in [-0.3, -0.25) is 13.9 Å². The van der Waals surface area contributed by atoms with E-state index in [0.717, 1.165) is 21.7 Å². The summed E-state index contributed by atoms with van der Waals surface area (Å²) in [5.41, 5.74) is 2.06. The molecule has 0 aliphatic rings. The number of sulfonamides is 1. The van der Waals surface area contributed by atoms with Gasteiger partial charge >= 0.3 is 0 Å². The number of halogens is 1. The molecule has 7 nitrogen and oxygen atoms in total. The average molecular weight is 480 g/mol. The van der Waals surface area contributed by atoms with Crippen LogP contribution in [-0.2, 0) is 32.6 Å². The van der Waals surface area contributed by atoms with Gasteiger partial charge in [-0.15, -0.1) is 0 Å². The minimum atomic E-state index is -3.75. The molecule has 2 aromatic carbocycles. The zero-order chi connectivity index (χ0) is 23.9. The average Bonchev–Trinajstić information content (AvgIpc) is 2.77. The van der Waals surface area contributed by atoms with Crippen LogP contribution in [0.3, 0.4) is 0 Å². The van der Waals surface area contributed by atoms with Gasteiger partial charge in [-0.25, -0.2) is 8.42 Å². The first-order valence-electron chi connectivity index (χ1n) is 10.4. The lowest BCUT2D eigenvalue weighted by atomic mass is 10.1. The van der Waals surface area contributed by atoms with E-state index in [4.69, 9.17) is 11.6 Å². The zero-order valence-electron chi connectivity index (χ0n) is 18.8. The van der Waals surface area contributed by atoms with E-state index in [1.54, 1.807) is 36.4 Å². The number of nitrogens with zero attached hydrogens (tertiary/aromatic N) is 2. The molecule has 0 fully saturated rings. The summed E-state index contributed by atoms with van der Waals surface area (Å²) in [7, 11) is -2.24. The van der Waals surface area contributed by atoms with Crippen LogP contribution in [0.1, 0.15) is 31.4 Å². The van der Waals surface area contributed by atoms with Crippen molar-refractivity contribution in [2.24, 2.45) is 0 Å². The number of carbonyl (C=O) groups is 2. The number of hydrogen-bond donors (Lipinski definition) is 1. The number of para-hydroxylation sites is 1. The Morgan fingerprint density at radius 2 is 1.69 bits per heavy atom. The van der Waals surface area contributed by atoms with Crippen molar-refractivity contribution in [3.63, 3.8) is 0 Å². The number of likely N-dealkylation sites (N-methyl/N-ethyl adjacent to an activating group) is 1. The molecule has 2 amide bonds. The van der Waals surface area contributed by atoms with Gasteiger partial charge in [0.05, 0.1) is 11.9 Å². The fourth-order valence-corrected chi connectivity index (χ4v) is 4.53. The molecule has 32 heavy (non-hydrogen) atoms. The smallest absolute Gasteiger partial charge is 0.244 e. The van der Waals surface area contributed by atoms with Crippen LogP contribution in [0.25, 0.3) is 0 Å². The minimum Gasteiger partial charge on any atom is -0.357 e. The summed E-state index contributed by atoms with van der Waals surface area (Å²) in [6.07, 6.45) is 2.07. The fraction of sp³-hybridized carbons (Fsp3) is 0.391. The minimum absolute atomic E-state index is 0.148. The maximum atomic E-state index is 13.5. The molecule has 2 rings (SSSR count). The fourth-order valence-electron chi connectivity index (χ4n) is 3.52. The van der Waals surface area contributed by atoms with E-state index in [2.05, 4.69) is 5.32 Å². The van der Waals surface area contributed by atoms with Crippen molar-refractivity contribution in [1.82, 2.24) is 10.2 Å². The molecule has 2 aromatic rings. The number of hydrogen-bond acceptors (Lipinski definition) is 4. The van der Waals surface area contributed by atoms with Gasteiger partial charge in [0.1, 0.15) is 12.6 Å².